The monoisotopic (exact) mass is 499 g/mol. The van der Waals surface area contributed by atoms with Gasteiger partial charge in [0.15, 0.2) is 17.5 Å². The summed E-state index contributed by atoms with van der Waals surface area (Å²) in [5.74, 6) is 2.32. The van der Waals surface area contributed by atoms with E-state index in [1.54, 1.807) is 7.11 Å². The van der Waals surface area contributed by atoms with Gasteiger partial charge in [-0.1, -0.05) is 0 Å². The molecule has 0 aliphatic carbocycles. The molecule has 0 aromatic heterocycles. The van der Waals surface area contributed by atoms with E-state index in [0.717, 1.165) is 53.6 Å². The van der Waals surface area contributed by atoms with E-state index in [1.807, 2.05) is 19.1 Å². The molecule has 2 N–H and O–H groups in total. The van der Waals surface area contributed by atoms with E-state index in [9.17, 15) is 0 Å². The van der Waals surface area contributed by atoms with E-state index >= 15 is 0 Å². The van der Waals surface area contributed by atoms with Gasteiger partial charge in [0.1, 0.15) is 0 Å². The number of aliphatic imine (C=N–C) groups is 1. The number of nitrogens with one attached hydrogen (secondary N) is 2. The first-order valence-electron chi connectivity index (χ1n) is 7.33. The van der Waals surface area contributed by atoms with E-state index < -0.39 is 0 Å². The third-order valence-electron chi connectivity index (χ3n) is 3.07. The van der Waals surface area contributed by atoms with Crippen LogP contribution in [-0.4, -0.2) is 39.6 Å². The molecule has 0 spiro atoms. The summed E-state index contributed by atoms with van der Waals surface area (Å²) in [6, 6.07) is 3.97. The van der Waals surface area contributed by atoms with E-state index in [1.165, 1.54) is 0 Å². The van der Waals surface area contributed by atoms with Crippen LogP contribution in [0.15, 0.2) is 21.6 Å². The van der Waals surface area contributed by atoms with Gasteiger partial charge in [0.25, 0.3) is 0 Å². The van der Waals surface area contributed by atoms with Gasteiger partial charge in [0, 0.05) is 26.8 Å². The normalized spacial score (nSPS) is 12.7. The number of hydrogen-bond acceptors (Lipinski definition) is 4. The molecule has 130 valence electrons. The first kappa shape index (κ1) is 20.3. The van der Waals surface area contributed by atoms with Crippen LogP contribution in [0, 0.1) is 0 Å². The van der Waals surface area contributed by atoms with Crippen molar-refractivity contribution in [3.63, 3.8) is 0 Å². The van der Waals surface area contributed by atoms with Gasteiger partial charge in [-0.05, 0) is 47.0 Å². The van der Waals surface area contributed by atoms with Gasteiger partial charge in [-0.15, -0.1) is 24.0 Å². The van der Waals surface area contributed by atoms with Crippen LogP contribution in [0.4, 0.5) is 0 Å². The predicted octanol–water partition coefficient (Wildman–Crippen LogP) is 2.89. The zero-order valence-corrected chi connectivity index (χ0v) is 17.3. The zero-order valence-electron chi connectivity index (χ0n) is 13.4. The van der Waals surface area contributed by atoms with E-state index in [4.69, 9.17) is 14.2 Å². The Morgan fingerprint density at radius 2 is 2.17 bits per heavy atom. The summed E-state index contributed by atoms with van der Waals surface area (Å²) in [5.41, 5.74) is 1.06. The van der Waals surface area contributed by atoms with Crippen LogP contribution in [0.25, 0.3) is 0 Å². The second-order valence-corrected chi connectivity index (χ2v) is 5.63. The molecule has 0 fully saturated rings. The second-order valence-electron chi connectivity index (χ2n) is 4.78. The summed E-state index contributed by atoms with van der Waals surface area (Å²) in [4.78, 5) is 4.58. The number of fused-ring (bicyclic) bond motifs is 1. The maximum atomic E-state index is 5.42. The van der Waals surface area contributed by atoms with E-state index in [0.29, 0.717) is 6.54 Å². The SMILES string of the molecule is CCNC(=NCc1cc(Br)c2c(c1)OCO2)NCCCOC.I. The first-order valence-corrected chi connectivity index (χ1v) is 8.13. The number of nitrogens with zero attached hydrogens (tertiary/aromatic N) is 1. The molecular weight excluding hydrogens is 477 g/mol. The van der Waals surface area contributed by atoms with Gasteiger partial charge >= 0.3 is 0 Å². The molecule has 1 aliphatic heterocycles. The fraction of sp³-hybridized carbons (Fsp3) is 0.533. The highest BCUT2D eigenvalue weighted by molar-refractivity contribution is 14.0. The lowest BCUT2D eigenvalue weighted by molar-refractivity contribution is 0.173. The molecule has 0 atom stereocenters. The van der Waals surface area contributed by atoms with E-state index in [2.05, 4.69) is 31.6 Å². The highest BCUT2D eigenvalue weighted by Gasteiger charge is 2.17. The number of guanidine groups is 1. The summed E-state index contributed by atoms with van der Waals surface area (Å²) in [6.45, 7) is 5.26. The summed E-state index contributed by atoms with van der Waals surface area (Å²) >= 11 is 3.50. The minimum Gasteiger partial charge on any atom is -0.454 e. The topological polar surface area (TPSA) is 64.1 Å². The zero-order chi connectivity index (χ0) is 15.8. The maximum absolute atomic E-state index is 5.42. The molecule has 0 unspecified atom stereocenters. The fourth-order valence-corrected chi connectivity index (χ4v) is 2.65. The number of methoxy groups -OCH3 is 1. The van der Waals surface area contributed by atoms with Crippen LogP contribution < -0.4 is 20.1 Å². The Bertz CT molecular complexity index is 529. The molecule has 23 heavy (non-hydrogen) atoms. The molecule has 0 saturated carbocycles. The molecule has 6 nitrogen and oxygen atoms in total. The Morgan fingerprint density at radius 1 is 1.35 bits per heavy atom. The minimum absolute atomic E-state index is 0. The lowest BCUT2D eigenvalue weighted by Gasteiger charge is -2.11. The van der Waals surface area contributed by atoms with Crippen molar-refractivity contribution in [2.75, 3.05) is 33.6 Å². The molecule has 1 aliphatic rings. The molecule has 0 amide bonds. The summed E-state index contributed by atoms with van der Waals surface area (Å²) in [6.07, 6.45) is 0.941. The van der Waals surface area contributed by atoms with E-state index in [-0.39, 0.29) is 30.8 Å². The van der Waals surface area contributed by atoms with Crippen LogP contribution >= 0.6 is 39.9 Å². The Balaban J connectivity index is 0.00000264. The average molecular weight is 500 g/mol. The molecule has 1 aromatic carbocycles. The first-order chi connectivity index (χ1) is 10.7. The molecule has 1 heterocycles. The van der Waals surface area contributed by atoms with Crippen LogP contribution in [-0.2, 0) is 11.3 Å². The molecule has 0 radical (unpaired) electrons. The molecule has 1 aromatic rings. The minimum atomic E-state index is 0. The number of ether oxygens (including phenoxy) is 3. The van der Waals surface area contributed by atoms with Crippen molar-refractivity contribution in [3.05, 3.63) is 22.2 Å². The summed E-state index contributed by atoms with van der Waals surface area (Å²) in [7, 11) is 1.71. The number of halogens is 2. The molecule has 8 heteroatoms. The lowest BCUT2D eigenvalue weighted by atomic mass is 10.2. The van der Waals surface area contributed by atoms with Crippen molar-refractivity contribution >= 4 is 45.9 Å². The molecule has 0 saturated heterocycles. The lowest BCUT2D eigenvalue weighted by Crippen LogP contribution is -2.38. The fourth-order valence-electron chi connectivity index (χ4n) is 2.05. The van der Waals surface area contributed by atoms with Crippen LogP contribution in [0.2, 0.25) is 0 Å². The number of rotatable bonds is 7. The Labute approximate surface area is 162 Å². The van der Waals surface area contributed by atoms with Gasteiger partial charge in [0.05, 0.1) is 11.0 Å². The van der Waals surface area contributed by atoms with Crippen molar-refractivity contribution in [1.29, 1.82) is 0 Å². The summed E-state index contributed by atoms with van der Waals surface area (Å²) in [5, 5.41) is 6.51. The standard InChI is InChI=1S/C15H22BrN3O3.HI/c1-3-17-15(18-5-4-6-20-2)19-9-11-7-12(16)14-13(8-11)21-10-22-14;/h7-8H,3-6,9-10H2,1-2H3,(H2,17,18,19);1H. The predicted molar refractivity (Wildman–Crippen MR) is 105 cm³/mol. The van der Waals surface area contributed by atoms with Crippen molar-refractivity contribution < 1.29 is 14.2 Å². The smallest absolute Gasteiger partial charge is 0.231 e. The van der Waals surface area contributed by atoms with Gasteiger partial charge in [-0.25, -0.2) is 4.99 Å². The van der Waals surface area contributed by atoms with Crippen molar-refractivity contribution in [1.82, 2.24) is 10.6 Å². The van der Waals surface area contributed by atoms with Gasteiger partial charge in [-0.2, -0.15) is 0 Å². The third kappa shape index (κ3) is 6.34. The van der Waals surface area contributed by atoms with Gasteiger partial charge in [0.2, 0.25) is 6.79 Å². The average Bonchev–Trinajstić information content (AvgIpc) is 2.98. The highest BCUT2D eigenvalue weighted by atomic mass is 127. The number of benzene rings is 1. The largest absolute Gasteiger partial charge is 0.454 e. The second kappa shape index (κ2) is 10.9. The van der Waals surface area contributed by atoms with Crippen molar-refractivity contribution in [3.8, 4) is 11.5 Å². The Hall–Kier alpha value is -0.740. The molecule has 0 bridgehead atoms. The van der Waals surface area contributed by atoms with Crippen LogP contribution in [0.5, 0.6) is 11.5 Å². The Kier molecular flexibility index (Phi) is 9.65. The van der Waals surface area contributed by atoms with Gasteiger partial charge < -0.3 is 24.8 Å². The number of hydrogen-bond donors (Lipinski definition) is 2. The van der Waals surface area contributed by atoms with Gasteiger partial charge in [-0.3, -0.25) is 0 Å². The van der Waals surface area contributed by atoms with Crippen molar-refractivity contribution in [2.45, 2.75) is 19.9 Å². The summed E-state index contributed by atoms with van der Waals surface area (Å²) < 4.78 is 16.7. The van der Waals surface area contributed by atoms with Crippen molar-refractivity contribution in [2.24, 2.45) is 4.99 Å². The molecular formula is C15H23BrIN3O3. The third-order valence-corrected chi connectivity index (χ3v) is 3.66. The quantitative estimate of drug-likeness (QED) is 0.261. The molecule has 2 rings (SSSR count). The van der Waals surface area contributed by atoms with Crippen LogP contribution in [0.1, 0.15) is 18.9 Å². The maximum Gasteiger partial charge on any atom is 0.231 e. The highest BCUT2D eigenvalue weighted by Crippen LogP contribution is 2.40. The Morgan fingerprint density at radius 3 is 2.91 bits per heavy atom. The van der Waals surface area contributed by atoms with Crippen LogP contribution in [0.3, 0.4) is 0 Å².